The molecular weight excluding hydrogens is 320 g/mol. The average molecular weight is 339 g/mol. The van der Waals surface area contributed by atoms with Gasteiger partial charge in [0.15, 0.2) is 5.65 Å². The predicted molar refractivity (Wildman–Crippen MR) is 83.3 cm³/mol. The van der Waals surface area contributed by atoms with Crippen LogP contribution in [0.4, 0.5) is 5.95 Å². The van der Waals surface area contributed by atoms with Crippen LogP contribution in [0.5, 0.6) is 0 Å². The first-order chi connectivity index (χ1) is 9.72. The molecule has 0 saturated carbocycles. The van der Waals surface area contributed by atoms with Crippen LogP contribution in [-0.2, 0) is 0 Å². The summed E-state index contributed by atoms with van der Waals surface area (Å²) in [7, 11) is 2.05. The number of rotatable bonds is 4. The minimum Gasteiger partial charge on any atom is -0.341 e. The van der Waals surface area contributed by atoms with Gasteiger partial charge in [-0.2, -0.15) is 4.98 Å². The van der Waals surface area contributed by atoms with Gasteiger partial charge in [-0.15, -0.1) is 5.10 Å². The Morgan fingerprint density at radius 2 is 2.15 bits per heavy atom. The molecule has 1 fully saturated rings. The number of fused-ring (bicyclic) bond motifs is 1. The number of piperazine rings is 1. The molecule has 0 aromatic carbocycles. The fourth-order valence-electron chi connectivity index (χ4n) is 2.33. The molecule has 2 aromatic heterocycles. The molecule has 0 spiro atoms. The number of anilines is 1. The summed E-state index contributed by atoms with van der Waals surface area (Å²) in [4.78, 5) is 9.13. The highest BCUT2D eigenvalue weighted by atomic mass is 79.9. The third-order valence-corrected chi connectivity index (χ3v) is 4.06. The van der Waals surface area contributed by atoms with Crippen LogP contribution in [-0.4, -0.2) is 65.8 Å². The summed E-state index contributed by atoms with van der Waals surface area (Å²) in [6.07, 6.45) is 1.93. The van der Waals surface area contributed by atoms with Crippen molar-refractivity contribution < 1.29 is 0 Å². The van der Waals surface area contributed by atoms with E-state index in [9.17, 15) is 0 Å². The summed E-state index contributed by atoms with van der Waals surface area (Å²) < 4.78 is 2.81. The van der Waals surface area contributed by atoms with E-state index < -0.39 is 0 Å². The Labute approximate surface area is 126 Å². The molecule has 0 radical (unpaired) electrons. The molecule has 0 bridgehead atoms. The van der Waals surface area contributed by atoms with Gasteiger partial charge in [-0.25, -0.2) is 4.52 Å². The van der Waals surface area contributed by atoms with E-state index in [1.54, 1.807) is 4.52 Å². The Morgan fingerprint density at radius 1 is 1.35 bits per heavy atom. The second kappa shape index (κ2) is 6.07. The molecule has 0 amide bonds. The minimum atomic E-state index is 0.776. The molecular formula is C13H19BrN6. The molecule has 7 heteroatoms. The van der Waals surface area contributed by atoms with Crippen molar-refractivity contribution in [1.82, 2.24) is 24.8 Å². The van der Waals surface area contributed by atoms with Crippen molar-refractivity contribution in [1.29, 1.82) is 0 Å². The van der Waals surface area contributed by atoms with Gasteiger partial charge in [-0.1, -0.05) is 0 Å². The normalized spacial score (nSPS) is 16.7. The van der Waals surface area contributed by atoms with Crippen LogP contribution in [0.15, 0.2) is 22.8 Å². The van der Waals surface area contributed by atoms with Gasteiger partial charge in [0.05, 0.1) is 0 Å². The molecule has 1 saturated heterocycles. The lowest BCUT2D eigenvalue weighted by atomic mass is 10.3. The Hall–Kier alpha value is -1.18. The number of aromatic nitrogens is 3. The van der Waals surface area contributed by atoms with Gasteiger partial charge < -0.3 is 10.2 Å². The van der Waals surface area contributed by atoms with E-state index in [4.69, 9.17) is 0 Å². The summed E-state index contributed by atoms with van der Waals surface area (Å²) in [5, 5.41) is 7.88. The van der Waals surface area contributed by atoms with E-state index in [0.29, 0.717) is 0 Å². The highest BCUT2D eigenvalue weighted by molar-refractivity contribution is 9.10. The molecule has 6 nitrogen and oxygen atoms in total. The zero-order valence-corrected chi connectivity index (χ0v) is 13.2. The predicted octanol–water partition coefficient (Wildman–Crippen LogP) is 0.833. The van der Waals surface area contributed by atoms with Gasteiger partial charge in [-0.05, 0) is 28.1 Å². The van der Waals surface area contributed by atoms with Crippen molar-refractivity contribution in [3.8, 4) is 0 Å². The zero-order chi connectivity index (χ0) is 13.9. The molecule has 3 rings (SSSR count). The van der Waals surface area contributed by atoms with E-state index >= 15 is 0 Å². The molecule has 0 atom stereocenters. The van der Waals surface area contributed by atoms with Gasteiger partial charge in [0.2, 0.25) is 5.95 Å². The summed E-state index contributed by atoms with van der Waals surface area (Å²) in [6.45, 7) is 6.42. The number of hydrogen-bond donors (Lipinski definition) is 1. The topological polar surface area (TPSA) is 48.7 Å². The quantitative estimate of drug-likeness (QED) is 0.894. The first-order valence-corrected chi connectivity index (χ1v) is 7.68. The van der Waals surface area contributed by atoms with E-state index in [1.807, 2.05) is 25.4 Å². The lowest BCUT2D eigenvalue weighted by Crippen LogP contribution is -2.46. The monoisotopic (exact) mass is 338 g/mol. The standard InChI is InChI=1S/C13H19BrN6/c1-18(8-9-19-6-4-15-5-7-19)13-16-12-3-2-11(14)10-20(12)17-13/h2-3,10,15H,4-9H2,1H3. The number of hydrogen-bond acceptors (Lipinski definition) is 5. The molecule has 0 unspecified atom stereocenters. The van der Waals surface area contributed by atoms with E-state index in [0.717, 1.165) is 55.3 Å². The van der Waals surface area contributed by atoms with Crippen molar-refractivity contribution in [3.05, 3.63) is 22.8 Å². The maximum atomic E-state index is 4.54. The van der Waals surface area contributed by atoms with E-state index in [2.05, 4.69) is 41.1 Å². The van der Waals surface area contributed by atoms with Crippen LogP contribution in [0.2, 0.25) is 0 Å². The van der Waals surface area contributed by atoms with Gasteiger partial charge >= 0.3 is 0 Å². The van der Waals surface area contributed by atoms with Crippen LogP contribution >= 0.6 is 15.9 Å². The van der Waals surface area contributed by atoms with Gasteiger partial charge in [0.1, 0.15) is 0 Å². The molecule has 3 heterocycles. The van der Waals surface area contributed by atoms with Crippen LogP contribution in [0.25, 0.3) is 5.65 Å². The number of pyridine rings is 1. The first kappa shape index (κ1) is 13.8. The fraction of sp³-hybridized carbons (Fsp3) is 0.538. The van der Waals surface area contributed by atoms with Gasteiger partial charge in [0.25, 0.3) is 0 Å². The van der Waals surface area contributed by atoms with Crippen molar-refractivity contribution in [2.75, 3.05) is 51.2 Å². The van der Waals surface area contributed by atoms with Crippen LogP contribution in [0, 0.1) is 0 Å². The lowest BCUT2D eigenvalue weighted by Gasteiger charge is -2.28. The Bertz CT molecular complexity index is 577. The Kier molecular flexibility index (Phi) is 4.18. The van der Waals surface area contributed by atoms with Gasteiger partial charge in [0, 0.05) is 57.0 Å². The number of likely N-dealkylation sites (N-methyl/N-ethyl adjacent to an activating group) is 1. The average Bonchev–Trinajstić information content (AvgIpc) is 2.89. The maximum Gasteiger partial charge on any atom is 0.245 e. The summed E-state index contributed by atoms with van der Waals surface area (Å²) in [5.41, 5.74) is 0.872. The summed E-state index contributed by atoms with van der Waals surface area (Å²) >= 11 is 3.45. The maximum absolute atomic E-state index is 4.54. The molecule has 2 aromatic rings. The molecule has 108 valence electrons. The molecule has 0 aliphatic carbocycles. The fourth-order valence-corrected chi connectivity index (χ4v) is 2.66. The highest BCUT2D eigenvalue weighted by Gasteiger charge is 2.12. The van der Waals surface area contributed by atoms with Crippen LogP contribution in [0.3, 0.4) is 0 Å². The second-order valence-corrected chi connectivity index (χ2v) is 5.99. The lowest BCUT2D eigenvalue weighted by molar-refractivity contribution is 0.246. The van der Waals surface area contributed by atoms with Crippen LogP contribution in [0.1, 0.15) is 0 Å². The van der Waals surface area contributed by atoms with Crippen molar-refractivity contribution in [3.63, 3.8) is 0 Å². The Morgan fingerprint density at radius 3 is 2.95 bits per heavy atom. The summed E-state index contributed by atoms with van der Waals surface area (Å²) in [6, 6.07) is 3.94. The second-order valence-electron chi connectivity index (χ2n) is 5.08. The molecule has 20 heavy (non-hydrogen) atoms. The van der Waals surface area contributed by atoms with Crippen molar-refractivity contribution >= 4 is 27.5 Å². The number of nitrogens with zero attached hydrogens (tertiary/aromatic N) is 5. The van der Waals surface area contributed by atoms with Crippen molar-refractivity contribution in [2.24, 2.45) is 0 Å². The largest absolute Gasteiger partial charge is 0.341 e. The highest BCUT2D eigenvalue weighted by Crippen LogP contribution is 2.13. The molecule has 1 aliphatic rings. The Balaban J connectivity index is 1.64. The number of nitrogens with one attached hydrogen (secondary N) is 1. The SMILES string of the molecule is CN(CCN1CCNCC1)c1nc2ccc(Br)cn2n1. The smallest absolute Gasteiger partial charge is 0.245 e. The molecule has 1 aliphatic heterocycles. The third-order valence-electron chi connectivity index (χ3n) is 3.59. The van der Waals surface area contributed by atoms with Crippen LogP contribution < -0.4 is 10.2 Å². The number of halogens is 1. The zero-order valence-electron chi connectivity index (χ0n) is 11.6. The van der Waals surface area contributed by atoms with E-state index in [-0.39, 0.29) is 0 Å². The third kappa shape index (κ3) is 3.11. The summed E-state index contributed by atoms with van der Waals surface area (Å²) in [5.74, 6) is 0.776. The molecule has 1 N–H and O–H groups in total. The first-order valence-electron chi connectivity index (χ1n) is 6.88. The minimum absolute atomic E-state index is 0.776. The van der Waals surface area contributed by atoms with E-state index in [1.165, 1.54) is 0 Å². The van der Waals surface area contributed by atoms with Crippen molar-refractivity contribution in [2.45, 2.75) is 0 Å². The van der Waals surface area contributed by atoms with Gasteiger partial charge in [-0.3, -0.25) is 4.90 Å².